The predicted molar refractivity (Wildman–Crippen MR) is 115 cm³/mol. The van der Waals surface area contributed by atoms with E-state index in [1.165, 1.54) is 27.7 Å². The van der Waals surface area contributed by atoms with E-state index in [0.717, 1.165) is 5.56 Å². The number of ether oxygens (including phenoxy) is 5. The first-order valence-electron chi connectivity index (χ1n) is 9.68. The van der Waals surface area contributed by atoms with Gasteiger partial charge in [-0.2, -0.15) is 0 Å². The molecule has 0 bridgehead atoms. The summed E-state index contributed by atoms with van der Waals surface area (Å²) < 4.78 is 27.5. The highest BCUT2D eigenvalue weighted by Gasteiger charge is 2.52. The van der Waals surface area contributed by atoms with Gasteiger partial charge in [-0.1, -0.05) is 39.7 Å². The van der Waals surface area contributed by atoms with Gasteiger partial charge in [-0.15, -0.1) is 0 Å². The van der Waals surface area contributed by atoms with E-state index in [1.54, 1.807) is 18.2 Å². The van der Waals surface area contributed by atoms with Crippen LogP contribution in [-0.4, -0.2) is 54.9 Å². The molecule has 0 N–H and O–H groups in total. The fourth-order valence-electron chi connectivity index (χ4n) is 3.37. The molecule has 1 aromatic carbocycles. The largest absolute Gasteiger partial charge is 0.463 e. The van der Waals surface area contributed by atoms with Crippen molar-refractivity contribution >= 4 is 51.4 Å². The number of esters is 4. The lowest BCUT2D eigenvalue weighted by Gasteiger charge is -2.44. The Morgan fingerprint density at radius 2 is 1.47 bits per heavy atom. The van der Waals surface area contributed by atoms with E-state index < -0.39 is 54.4 Å². The fraction of sp³-hybridized carbons (Fsp3) is 0.524. The molecule has 0 radical (unpaired) electrons. The Morgan fingerprint density at radius 3 is 2.00 bits per heavy atom. The summed E-state index contributed by atoms with van der Waals surface area (Å²) >= 11 is 9.57. The number of carbonyl (C=O) groups is 4. The smallest absolute Gasteiger partial charge is 0.303 e. The van der Waals surface area contributed by atoms with E-state index in [1.807, 2.05) is 0 Å². The Kier molecular flexibility index (Phi) is 9.47. The van der Waals surface area contributed by atoms with Crippen LogP contribution in [0.1, 0.15) is 44.9 Å². The Bertz CT molecular complexity index is 875. The Morgan fingerprint density at radius 1 is 0.906 bits per heavy atom. The highest BCUT2D eigenvalue weighted by molar-refractivity contribution is 9.08. The van der Waals surface area contributed by atoms with Crippen LogP contribution >= 0.6 is 27.5 Å². The molecule has 1 aromatic rings. The van der Waals surface area contributed by atoms with Crippen LogP contribution in [0.3, 0.4) is 0 Å². The maximum Gasteiger partial charge on any atom is 0.303 e. The highest BCUT2D eigenvalue weighted by Crippen LogP contribution is 2.38. The maximum atomic E-state index is 11.9. The molecule has 0 amide bonds. The topological polar surface area (TPSA) is 114 Å². The number of halogens is 2. The molecule has 5 atom stereocenters. The zero-order chi connectivity index (χ0) is 24.0. The molecule has 1 saturated heterocycles. The zero-order valence-corrected chi connectivity index (χ0v) is 20.3. The normalized spacial score (nSPS) is 24.9. The molecule has 1 fully saturated rings. The van der Waals surface area contributed by atoms with Gasteiger partial charge in [-0.25, -0.2) is 0 Å². The fourth-order valence-corrected chi connectivity index (χ4v) is 4.18. The van der Waals surface area contributed by atoms with Crippen molar-refractivity contribution in [2.75, 3.05) is 6.61 Å². The van der Waals surface area contributed by atoms with Gasteiger partial charge in [0, 0.05) is 38.0 Å². The van der Waals surface area contributed by atoms with E-state index >= 15 is 0 Å². The van der Waals surface area contributed by atoms with E-state index in [2.05, 4.69) is 15.9 Å². The van der Waals surface area contributed by atoms with Crippen LogP contribution in [0.15, 0.2) is 18.2 Å². The summed E-state index contributed by atoms with van der Waals surface area (Å²) in [4.78, 5) is 47.0. The van der Waals surface area contributed by atoms with Crippen molar-refractivity contribution in [3.8, 4) is 0 Å². The molecule has 1 unspecified atom stereocenters. The van der Waals surface area contributed by atoms with Crippen molar-refractivity contribution in [2.24, 2.45) is 0 Å². The maximum absolute atomic E-state index is 11.9. The van der Waals surface area contributed by atoms with Crippen molar-refractivity contribution in [1.82, 2.24) is 0 Å². The number of hydrogen-bond acceptors (Lipinski definition) is 9. The van der Waals surface area contributed by atoms with Crippen molar-refractivity contribution in [3.05, 3.63) is 34.3 Å². The lowest BCUT2D eigenvalue weighted by atomic mass is 9.90. The third-order valence-corrected chi connectivity index (χ3v) is 5.51. The molecule has 0 spiro atoms. The van der Waals surface area contributed by atoms with Crippen molar-refractivity contribution in [2.45, 2.75) is 63.5 Å². The summed E-state index contributed by atoms with van der Waals surface area (Å²) in [6, 6.07) is 5.08. The first kappa shape index (κ1) is 26.1. The van der Waals surface area contributed by atoms with Gasteiger partial charge >= 0.3 is 23.9 Å². The standard InChI is InChI=1S/C21H24BrClO9/c1-10(24)28-9-17-19(29-11(2)25)21(31-13(4)27)20(30-12(3)26)18(32-17)14-5-6-16(23)15(7-14)8-22/h5-7,17-21H,8-9H2,1-4H3/t17-,18+,19-,20+,21?/m1/s1. The monoisotopic (exact) mass is 534 g/mol. The third kappa shape index (κ3) is 6.91. The molecule has 1 aliphatic heterocycles. The molecule has 1 aliphatic rings. The molecule has 1 heterocycles. The number of rotatable bonds is 7. The molecular formula is C21H24BrClO9. The van der Waals surface area contributed by atoms with Gasteiger partial charge in [0.25, 0.3) is 0 Å². The first-order chi connectivity index (χ1) is 15.0. The summed E-state index contributed by atoms with van der Waals surface area (Å²) in [5, 5.41) is 0.960. The Labute approximate surface area is 198 Å². The molecule has 9 nitrogen and oxygen atoms in total. The number of carbonyl (C=O) groups excluding carboxylic acids is 4. The van der Waals surface area contributed by atoms with Crippen LogP contribution in [0.5, 0.6) is 0 Å². The average molecular weight is 536 g/mol. The number of hydrogen-bond donors (Lipinski definition) is 0. The van der Waals surface area contributed by atoms with Crippen LogP contribution in [0.25, 0.3) is 0 Å². The van der Waals surface area contributed by atoms with Crippen LogP contribution in [-0.2, 0) is 48.2 Å². The second-order valence-corrected chi connectivity index (χ2v) is 8.07. The molecule has 176 valence electrons. The van der Waals surface area contributed by atoms with Gasteiger partial charge in [0.05, 0.1) is 0 Å². The van der Waals surface area contributed by atoms with E-state index in [0.29, 0.717) is 15.9 Å². The SMILES string of the molecule is CC(=O)OC[C@H]1O[C@@H](c2ccc(Cl)c(CBr)c2)[C@H](OC(C)=O)C(OC(C)=O)[C@@H]1OC(C)=O. The number of alkyl halides is 1. The lowest BCUT2D eigenvalue weighted by molar-refractivity contribution is -0.254. The molecular weight excluding hydrogens is 512 g/mol. The molecule has 2 rings (SSSR count). The molecule has 0 aromatic heterocycles. The summed E-state index contributed by atoms with van der Waals surface area (Å²) in [6.07, 6.45) is -5.52. The van der Waals surface area contributed by atoms with Gasteiger partial charge in [0.15, 0.2) is 18.3 Å². The molecule has 0 saturated carbocycles. The van der Waals surface area contributed by atoms with Crippen LogP contribution in [0, 0.1) is 0 Å². The zero-order valence-electron chi connectivity index (χ0n) is 18.0. The summed E-state index contributed by atoms with van der Waals surface area (Å²) in [7, 11) is 0. The van der Waals surface area contributed by atoms with E-state index in [-0.39, 0.29) is 6.61 Å². The minimum absolute atomic E-state index is 0.284. The van der Waals surface area contributed by atoms with Gasteiger partial charge in [-0.05, 0) is 17.2 Å². The van der Waals surface area contributed by atoms with Crippen molar-refractivity contribution in [3.63, 3.8) is 0 Å². The minimum Gasteiger partial charge on any atom is -0.463 e. The second kappa shape index (κ2) is 11.6. The lowest BCUT2D eigenvalue weighted by Crippen LogP contribution is -2.59. The highest BCUT2D eigenvalue weighted by atomic mass is 79.9. The van der Waals surface area contributed by atoms with Crippen LogP contribution in [0.2, 0.25) is 5.02 Å². The summed E-state index contributed by atoms with van der Waals surface area (Å²) in [5.41, 5.74) is 1.32. The third-order valence-electron chi connectivity index (χ3n) is 4.53. The number of benzene rings is 1. The second-order valence-electron chi connectivity index (χ2n) is 7.10. The average Bonchev–Trinajstić information content (AvgIpc) is 2.69. The van der Waals surface area contributed by atoms with Crippen molar-refractivity contribution < 1.29 is 42.9 Å². The van der Waals surface area contributed by atoms with Crippen LogP contribution < -0.4 is 0 Å². The van der Waals surface area contributed by atoms with Crippen molar-refractivity contribution in [1.29, 1.82) is 0 Å². The van der Waals surface area contributed by atoms with Gasteiger partial charge in [0.1, 0.15) is 18.8 Å². The summed E-state index contributed by atoms with van der Waals surface area (Å²) in [6.45, 7) is 4.47. The quantitative estimate of drug-likeness (QED) is 0.295. The van der Waals surface area contributed by atoms with Gasteiger partial charge in [0.2, 0.25) is 0 Å². The minimum atomic E-state index is -1.22. The molecule has 0 aliphatic carbocycles. The molecule has 11 heteroatoms. The summed E-state index contributed by atoms with van der Waals surface area (Å²) in [5.74, 6) is -2.61. The van der Waals surface area contributed by atoms with E-state index in [9.17, 15) is 19.2 Å². The van der Waals surface area contributed by atoms with Gasteiger partial charge < -0.3 is 23.7 Å². The Balaban J connectivity index is 2.58. The van der Waals surface area contributed by atoms with E-state index in [4.69, 9.17) is 35.3 Å². The van der Waals surface area contributed by atoms with Crippen LogP contribution in [0.4, 0.5) is 0 Å². The predicted octanol–water partition coefficient (Wildman–Crippen LogP) is 3.03. The first-order valence-corrected chi connectivity index (χ1v) is 11.2. The Hall–Kier alpha value is -2.17. The van der Waals surface area contributed by atoms with Gasteiger partial charge in [-0.3, -0.25) is 19.2 Å². The molecule has 32 heavy (non-hydrogen) atoms.